The van der Waals surface area contributed by atoms with E-state index in [-0.39, 0.29) is 22.9 Å². The number of carbonyl (C=O) groups excluding carboxylic acids is 3. The normalized spacial score (nSPS) is 10.2. The maximum atomic E-state index is 14.2. The predicted octanol–water partition coefficient (Wildman–Crippen LogP) is 3.17. The summed E-state index contributed by atoms with van der Waals surface area (Å²) in [5.74, 6) is -4.49. The molecule has 26 heavy (non-hydrogen) atoms. The van der Waals surface area contributed by atoms with E-state index in [1.165, 1.54) is 18.6 Å². The van der Waals surface area contributed by atoms with Crippen LogP contribution < -0.4 is 15.4 Å². The molecule has 0 aliphatic heterocycles. The summed E-state index contributed by atoms with van der Waals surface area (Å²) in [5, 5.41) is 5.70. The predicted molar refractivity (Wildman–Crippen MR) is 89.7 cm³/mol. The van der Waals surface area contributed by atoms with Crippen LogP contribution in [0.5, 0.6) is 5.75 Å². The highest BCUT2D eigenvalue weighted by molar-refractivity contribution is 7.14. The maximum absolute atomic E-state index is 14.2. The highest BCUT2D eigenvalue weighted by atomic mass is 32.1. The fraction of sp³-hybridized carbons (Fsp3) is 0.188. The van der Waals surface area contributed by atoms with Crippen molar-refractivity contribution < 1.29 is 32.6 Å². The molecule has 0 spiro atoms. The van der Waals surface area contributed by atoms with Gasteiger partial charge in [-0.2, -0.15) is 0 Å². The lowest BCUT2D eigenvalue weighted by atomic mass is 10.1. The minimum absolute atomic E-state index is 0.0124. The van der Waals surface area contributed by atoms with Gasteiger partial charge in [-0.05, 0) is 30.5 Å². The van der Waals surface area contributed by atoms with Crippen LogP contribution in [0.2, 0.25) is 0 Å². The molecule has 2 rings (SSSR count). The van der Waals surface area contributed by atoms with Gasteiger partial charge in [0.05, 0.1) is 19.3 Å². The maximum Gasteiger partial charge on any atom is 0.414 e. The number of halogens is 2. The van der Waals surface area contributed by atoms with Crippen LogP contribution in [0.4, 0.5) is 18.6 Å². The first-order valence-corrected chi connectivity index (χ1v) is 8.15. The Morgan fingerprint density at radius 2 is 1.88 bits per heavy atom. The number of methoxy groups -OCH3 is 1. The number of amides is 3. The Balaban J connectivity index is 2.23. The first kappa shape index (κ1) is 19.3. The first-order chi connectivity index (χ1) is 12.4. The number of hydrogen-bond acceptors (Lipinski definition) is 6. The van der Waals surface area contributed by atoms with Crippen LogP contribution in [0.25, 0.3) is 0 Å². The molecule has 0 fully saturated rings. The van der Waals surface area contributed by atoms with Gasteiger partial charge in [0, 0.05) is 0 Å². The Morgan fingerprint density at radius 1 is 1.15 bits per heavy atom. The van der Waals surface area contributed by atoms with E-state index in [9.17, 15) is 23.2 Å². The molecule has 0 unspecified atom stereocenters. The summed E-state index contributed by atoms with van der Waals surface area (Å²) in [6, 6.07) is 3.28. The number of rotatable bonds is 5. The molecule has 138 valence electrons. The van der Waals surface area contributed by atoms with E-state index in [0.29, 0.717) is 0 Å². The van der Waals surface area contributed by atoms with Crippen LogP contribution in [0, 0.1) is 11.6 Å². The number of alkyl carbamates (subject to hydrolysis) is 1. The standard InChI is InChI=1S/C16H14F2N2O5S/c1-3-25-16(23)20-13(21)8-6-7-26-15(8)19-14(22)11-9(17)4-5-10(24-2)12(11)18/h4-7H,3H2,1-2H3,(H,19,22)(H,20,21,23). The molecule has 1 aromatic carbocycles. The van der Waals surface area contributed by atoms with E-state index < -0.39 is 35.1 Å². The van der Waals surface area contributed by atoms with Gasteiger partial charge in [-0.3, -0.25) is 14.9 Å². The van der Waals surface area contributed by atoms with Crippen LogP contribution >= 0.6 is 11.3 Å². The number of thiophene rings is 1. The average Bonchev–Trinajstić information content (AvgIpc) is 3.03. The van der Waals surface area contributed by atoms with Crippen LogP contribution in [-0.4, -0.2) is 31.6 Å². The lowest BCUT2D eigenvalue weighted by molar-refractivity contribution is 0.0926. The van der Waals surface area contributed by atoms with Gasteiger partial charge < -0.3 is 14.8 Å². The SMILES string of the molecule is CCOC(=O)NC(=O)c1ccsc1NC(=O)c1c(F)ccc(OC)c1F. The quantitative estimate of drug-likeness (QED) is 0.826. The van der Waals surface area contributed by atoms with Crippen molar-refractivity contribution in [2.75, 3.05) is 19.0 Å². The van der Waals surface area contributed by atoms with E-state index in [2.05, 4.69) is 10.1 Å². The van der Waals surface area contributed by atoms with E-state index >= 15 is 0 Å². The number of carbonyl (C=O) groups is 3. The van der Waals surface area contributed by atoms with Crippen molar-refractivity contribution in [3.8, 4) is 5.75 Å². The second-order valence-electron chi connectivity index (χ2n) is 4.73. The zero-order chi connectivity index (χ0) is 19.3. The average molecular weight is 384 g/mol. The van der Waals surface area contributed by atoms with E-state index in [1.807, 2.05) is 5.32 Å². The van der Waals surface area contributed by atoms with Gasteiger partial charge in [0.25, 0.3) is 11.8 Å². The number of benzene rings is 1. The second-order valence-corrected chi connectivity index (χ2v) is 5.65. The van der Waals surface area contributed by atoms with Crippen LogP contribution in [0.1, 0.15) is 27.6 Å². The Labute approximate surface area is 150 Å². The highest BCUT2D eigenvalue weighted by Gasteiger charge is 2.24. The van der Waals surface area contributed by atoms with Gasteiger partial charge in [0.1, 0.15) is 16.4 Å². The smallest absolute Gasteiger partial charge is 0.414 e. The molecule has 0 radical (unpaired) electrons. The van der Waals surface area contributed by atoms with Crippen molar-refractivity contribution in [2.45, 2.75) is 6.92 Å². The van der Waals surface area contributed by atoms with Crippen molar-refractivity contribution in [2.24, 2.45) is 0 Å². The number of hydrogen-bond donors (Lipinski definition) is 2. The topological polar surface area (TPSA) is 93.7 Å². The Kier molecular flexibility index (Phi) is 6.23. The fourth-order valence-corrected chi connectivity index (χ4v) is 2.76. The number of anilines is 1. The van der Waals surface area contributed by atoms with Gasteiger partial charge in [0.15, 0.2) is 11.6 Å². The van der Waals surface area contributed by atoms with Gasteiger partial charge in [0.2, 0.25) is 0 Å². The van der Waals surface area contributed by atoms with E-state index in [0.717, 1.165) is 23.5 Å². The second kappa shape index (κ2) is 8.39. The lowest BCUT2D eigenvalue weighted by Gasteiger charge is -2.10. The van der Waals surface area contributed by atoms with Crippen molar-refractivity contribution >= 4 is 34.2 Å². The molecule has 2 aromatic rings. The highest BCUT2D eigenvalue weighted by Crippen LogP contribution is 2.27. The molecule has 2 N–H and O–H groups in total. The van der Waals surface area contributed by atoms with E-state index in [1.54, 1.807) is 6.92 Å². The summed E-state index contributed by atoms with van der Waals surface area (Å²) in [6.07, 6.45) is -0.953. The molecule has 7 nitrogen and oxygen atoms in total. The number of ether oxygens (including phenoxy) is 2. The summed E-state index contributed by atoms with van der Waals surface area (Å²) in [5.41, 5.74) is -0.908. The van der Waals surface area contributed by atoms with Crippen LogP contribution in [-0.2, 0) is 4.74 Å². The monoisotopic (exact) mass is 384 g/mol. The molecule has 1 aromatic heterocycles. The van der Waals surface area contributed by atoms with E-state index in [4.69, 9.17) is 4.74 Å². The number of imide groups is 1. The Hall–Kier alpha value is -3.01. The number of nitrogens with one attached hydrogen (secondary N) is 2. The van der Waals surface area contributed by atoms with Crippen molar-refractivity contribution in [1.29, 1.82) is 0 Å². The molecular weight excluding hydrogens is 370 g/mol. The molecule has 0 aliphatic carbocycles. The molecule has 0 saturated heterocycles. The molecular formula is C16H14F2N2O5S. The summed E-state index contributed by atoms with van der Waals surface area (Å²) in [4.78, 5) is 35.6. The minimum Gasteiger partial charge on any atom is -0.494 e. The molecule has 0 saturated carbocycles. The first-order valence-electron chi connectivity index (χ1n) is 7.28. The van der Waals surface area contributed by atoms with Gasteiger partial charge in [-0.1, -0.05) is 0 Å². The van der Waals surface area contributed by atoms with Crippen molar-refractivity contribution in [3.05, 3.63) is 46.3 Å². The molecule has 0 atom stereocenters. The van der Waals surface area contributed by atoms with Crippen LogP contribution in [0.15, 0.2) is 23.6 Å². The summed E-state index contributed by atoms with van der Waals surface area (Å²) < 4.78 is 37.3. The molecule has 10 heteroatoms. The zero-order valence-corrected chi connectivity index (χ0v) is 14.5. The van der Waals surface area contributed by atoms with Crippen LogP contribution in [0.3, 0.4) is 0 Å². The summed E-state index contributed by atoms with van der Waals surface area (Å²) >= 11 is 0.942. The fourth-order valence-electron chi connectivity index (χ4n) is 1.98. The third kappa shape index (κ3) is 4.14. The van der Waals surface area contributed by atoms with Crippen molar-refractivity contribution in [1.82, 2.24) is 5.32 Å². The largest absolute Gasteiger partial charge is 0.494 e. The third-order valence-electron chi connectivity index (χ3n) is 3.13. The van der Waals surface area contributed by atoms with Gasteiger partial charge >= 0.3 is 6.09 Å². The third-order valence-corrected chi connectivity index (χ3v) is 3.96. The Morgan fingerprint density at radius 3 is 2.54 bits per heavy atom. The van der Waals surface area contributed by atoms with Gasteiger partial charge in [-0.25, -0.2) is 13.6 Å². The zero-order valence-electron chi connectivity index (χ0n) is 13.7. The molecule has 0 bridgehead atoms. The summed E-state index contributed by atoms with van der Waals surface area (Å²) in [7, 11) is 1.18. The van der Waals surface area contributed by atoms with Gasteiger partial charge in [-0.15, -0.1) is 11.3 Å². The van der Waals surface area contributed by atoms with Crippen molar-refractivity contribution in [3.63, 3.8) is 0 Å². The Bertz CT molecular complexity index is 853. The molecule has 1 heterocycles. The molecule has 3 amide bonds. The lowest BCUT2D eigenvalue weighted by Crippen LogP contribution is -2.31. The summed E-state index contributed by atoms with van der Waals surface area (Å²) in [6.45, 7) is 1.64. The minimum atomic E-state index is -1.17. The molecule has 0 aliphatic rings.